The van der Waals surface area contributed by atoms with E-state index in [4.69, 9.17) is 5.11 Å². The van der Waals surface area contributed by atoms with Crippen molar-refractivity contribution < 1.29 is 27.9 Å². The lowest BCUT2D eigenvalue weighted by Gasteiger charge is -2.26. The van der Waals surface area contributed by atoms with Crippen molar-refractivity contribution >= 4 is 28.3 Å². The van der Waals surface area contributed by atoms with Gasteiger partial charge in [-0.15, -0.1) is 11.3 Å². The molecular weight excluding hydrogens is 285 g/mol. The number of amides is 1. The topological polar surface area (TPSA) is 70.5 Å². The molecule has 5 nitrogen and oxygen atoms in total. The van der Waals surface area contributed by atoms with E-state index in [0.29, 0.717) is 5.69 Å². The average Bonchev–Trinajstić information content (AvgIpc) is 2.69. The van der Waals surface area contributed by atoms with Crippen LogP contribution >= 0.6 is 11.3 Å². The number of hydrogen-bond donors (Lipinski definition) is 1. The Morgan fingerprint density at radius 1 is 1.53 bits per heavy atom. The zero-order valence-electron chi connectivity index (χ0n) is 10.1. The van der Waals surface area contributed by atoms with Gasteiger partial charge in [-0.05, 0) is 13.3 Å². The highest BCUT2D eigenvalue weighted by Crippen LogP contribution is 2.29. The number of nitrogens with zero attached hydrogens (tertiary/aromatic N) is 2. The molecular formula is C10H11F3N2O3S. The fourth-order valence-corrected chi connectivity index (χ4v) is 2.27. The molecule has 1 aromatic rings. The molecule has 0 aliphatic rings. The molecule has 0 saturated heterocycles. The summed E-state index contributed by atoms with van der Waals surface area (Å²) >= 11 is 0.794. The molecule has 1 atom stereocenters. The van der Waals surface area contributed by atoms with Gasteiger partial charge in [0, 0.05) is 5.38 Å². The maximum Gasteiger partial charge on any atom is 0.471 e. The van der Waals surface area contributed by atoms with Crippen molar-refractivity contribution in [2.75, 3.05) is 4.90 Å². The van der Waals surface area contributed by atoms with E-state index in [9.17, 15) is 22.8 Å². The number of alkyl halides is 3. The number of carbonyl (C=O) groups excluding carboxylic acids is 1. The smallest absolute Gasteiger partial charge is 0.471 e. The van der Waals surface area contributed by atoms with Crippen LogP contribution in [-0.2, 0) is 9.59 Å². The summed E-state index contributed by atoms with van der Waals surface area (Å²) in [5, 5.41) is 10.1. The number of aryl methyl sites for hydroxylation is 1. The quantitative estimate of drug-likeness (QED) is 0.924. The molecule has 1 unspecified atom stereocenters. The van der Waals surface area contributed by atoms with Crippen LogP contribution < -0.4 is 4.90 Å². The Hall–Kier alpha value is -1.64. The molecule has 9 heteroatoms. The van der Waals surface area contributed by atoms with E-state index in [2.05, 4.69) is 4.98 Å². The highest BCUT2D eigenvalue weighted by atomic mass is 32.1. The van der Waals surface area contributed by atoms with Crippen LogP contribution in [0.3, 0.4) is 0 Å². The van der Waals surface area contributed by atoms with Crippen LogP contribution in [0.25, 0.3) is 0 Å². The number of thiazole rings is 1. The molecule has 0 aromatic carbocycles. The summed E-state index contributed by atoms with van der Waals surface area (Å²) in [5.74, 6) is -3.73. The van der Waals surface area contributed by atoms with Gasteiger partial charge in [-0.1, -0.05) is 6.92 Å². The van der Waals surface area contributed by atoms with Crippen LogP contribution in [0.15, 0.2) is 5.38 Å². The van der Waals surface area contributed by atoms with Crippen LogP contribution in [0.2, 0.25) is 0 Å². The summed E-state index contributed by atoms with van der Waals surface area (Å²) in [4.78, 5) is 26.3. The predicted octanol–water partition coefficient (Wildman–Crippen LogP) is 2.21. The maximum absolute atomic E-state index is 12.5. The molecule has 0 bridgehead atoms. The number of anilines is 1. The Labute approximate surface area is 110 Å². The van der Waals surface area contributed by atoms with Crippen molar-refractivity contribution in [2.45, 2.75) is 32.5 Å². The van der Waals surface area contributed by atoms with Gasteiger partial charge in [0.1, 0.15) is 6.04 Å². The molecule has 0 aliphatic heterocycles. The number of halogens is 3. The first-order valence-electron chi connectivity index (χ1n) is 5.23. The Morgan fingerprint density at radius 2 is 2.11 bits per heavy atom. The third kappa shape index (κ3) is 3.43. The fraction of sp³-hybridized carbons (Fsp3) is 0.500. The second-order valence-electron chi connectivity index (χ2n) is 3.71. The van der Waals surface area contributed by atoms with Gasteiger partial charge < -0.3 is 5.11 Å². The summed E-state index contributed by atoms with van der Waals surface area (Å²) in [5.41, 5.74) is 0.417. The lowest BCUT2D eigenvalue weighted by atomic mass is 10.2. The van der Waals surface area contributed by atoms with Crippen LogP contribution in [0, 0.1) is 6.92 Å². The number of carbonyl (C=O) groups is 2. The first kappa shape index (κ1) is 15.4. The largest absolute Gasteiger partial charge is 0.480 e. The molecule has 1 aromatic heterocycles. The first-order chi connectivity index (χ1) is 8.68. The second kappa shape index (κ2) is 5.55. The van der Waals surface area contributed by atoms with E-state index < -0.39 is 24.1 Å². The van der Waals surface area contributed by atoms with Gasteiger partial charge in [0.05, 0.1) is 5.69 Å². The van der Waals surface area contributed by atoms with Crippen molar-refractivity contribution in [3.63, 3.8) is 0 Å². The molecule has 1 heterocycles. The Balaban J connectivity index is 3.25. The minimum absolute atomic E-state index is 0.157. The zero-order chi connectivity index (χ0) is 14.8. The number of hydrogen-bond acceptors (Lipinski definition) is 4. The molecule has 0 saturated carbocycles. The van der Waals surface area contributed by atoms with Crippen molar-refractivity contribution in [1.29, 1.82) is 0 Å². The first-order valence-corrected chi connectivity index (χ1v) is 6.11. The van der Waals surface area contributed by atoms with Gasteiger partial charge in [0.15, 0.2) is 5.13 Å². The van der Waals surface area contributed by atoms with Gasteiger partial charge in [0.2, 0.25) is 0 Å². The van der Waals surface area contributed by atoms with E-state index in [0.717, 1.165) is 11.3 Å². The molecule has 1 amide bonds. The van der Waals surface area contributed by atoms with Crippen molar-refractivity contribution in [2.24, 2.45) is 0 Å². The lowest BCUT2D eigenvalue weighted by Crippen LogP contribution is -2.50. The van der Waals surface area contributed by atoms with E-state index in [1.807, 2.05) is 0 Å². The summed E-state index contributed by atoms with van der Waals surface area (Å²) in [6, 6.07) is -1.60. The van der Waals surface area contributed by atoms with Crippen LogP contribution in [0.4, 0.5) is 18.3 Å². The van der Waals surface area contributed by atoms with Crippen LogP contribution in [0.5, 0.6) is 0 Å². The monoisotopic (exact) mass is 296 g/mol. The highest BCUT2D eigenvalue weighted by Gasteiger charge is 2.47. The molecule has 0 radical (unpaired) electrons. The number of carboxylic acid groups (broad SMARTS) is 1. The molecule has 1 N–H and O–H groups in total. The zero-order valence-corrected chi connectivity index (χ0v) is 10.9. The SMILES string of the molecule is CCC(C(=O)O)N(C(=O)C(F)(F)F)c1nc(C)cs1. The Morgan fingerprint density at radius 3 is 2.42 bits per heavy atom. The van der Waals surface area contributed by atoms with E-state index >= 15 is 0 Å². The number of rotatable bonds is 4. The fourth-order valence-electron chi connectivity index (χ4n) is 1.42. The molecule has 1 rings (SSSR count). The minimum Gasteiger partial charge on any atom is -0.480 e. The average molecular weight is 296 g/mol. The third-order valence-electron chi connectivity index (χ3n) is 2.26. The normalized spacial score (nSPS) is 13.1. The van der Waals surface area contributed by atoms with Crippen molar-refractivity contribution in [3.8, 4) is 0 Å². The third-order valence-corrected chi connectivity index (χ3v) is 3.22. The van der Waals surface area contributed by atoms with Gasteiger partial charge >= 0.3 is 18.1 Å². The number of aromatic nitrogens is 1. The summed E-state index contributed by atoms with van der Waals surface area (Å²) < 4.78 is 37.6. The molecule has 0 aliphatic carbocycles. The molecule has 106 valence electrons. The Kier molecular flexibility index (Phi) is 4.51. The summed E-state index contributed by atoms with van der Waals surface area (Å²) in [6.45, 7) is 2.92. The molecule has 0 fully saturated rings. The van der Waals surface area contributed by atoms with E-state index in [1.165, 1.54) is 19.2 Å². The highest BCUT2D eigenvalue weighted by molar-refractivity contribution is 7.14. The number of aliphatic carboxylic acids is 1. The van der Waals surface area contributed by atoms with Crippen molar-refractivity contribution in [3.05, 3.63) is 11.1 Å². The predicted molar refractivity (Wildman–Crippen MR) is 62.1 cm³/mol. The summed E-state index contributed by atoms with van der Waals surface area (Å²) in [7, 11) is 0. The Bertz CT molecular complexity index is 487. The van der Waals surface area contributed by atoms with Crippen molar-refractivity contribution in [1.82, 2.24) is 4.98 Å². The molecule has 19 heavy (non-hydrogen) atoms. The summed E-state index contributed by atoms with van der Waals surface area (Å²) in [6.07, 6.45) is -5.31. The van der Waals surface area contributed by atoms with E-state index in [1.54, 1.807) is 0 Å². The van der Waals surface area contributed by atoms with Crippen LogP contribution in [-0.4, -0.2) is 34.2 Å². The van der Waals surface area contributed by atoms with E-state index in [-0.39, 0.29) is 16.5 Å². The van der Waals surface area contributed by atoms with Gasteiger partial charge in [-0.25, -0.2) is 9.78 Å². The molecule has 0 spiro atoms. The minimum atomic E-state index is -5.15. The number of carboxylic acids is 1. The maximum atomic E-state index is 12.5. The lowest BCUT2D eigenvalue weighted by molar-refractivity contribution is -0.171. The standard InChI is InChI=1S/C10H11F3N2O3S/c1-3-6(7(16)17)15(8(18)10(11,12)13)9-14-5(2)4-19-9/h4,6H,3H2,1-2H3,(H,16,17). The second-order valence-corrected chi connectivity index (χ2v) is 4.54. The van der Waals surface area contributed by atoms with Gasteiger partial charge in [-0.2, -0.15) is 13.2 Å². The van der Waals surface area contributed by atoms with Crippen LogP contribution in [0.1, 0.15) is 19.0 Å². The van der Waals surface area contributed by atoms with Gasteiger partial charge in [0.25, 0.3) is 0 Å². The van der Waals surface area contributed by atoms with Gasteiger partial charge in [-0.3, -0.25) is 9.69 Å².